The molecule has 1 saturated carbocycles. The zero-order valence-corrected chi connectivity index (χ0v) is 12.8. The van der Waals surface area contributed by atoms with Crippen molar-refractivity contribution in [2.75, 3.05) is 12.5 Å². The summed E-state index contributed by atoms with van der Waals surface area (Å²) >= 11 is 3.66. The van der Waals surface area contributed by atoms with Crippen molar-refractivity contribution in [3.05, 3.63) is 0 Å². The molecule has 6 unspecified atom stereocenters. The first kappa shape index (κ1) is 12.3. The highest BCUT2D eigenvalue weighted by Crippen LogP contribution is 2.70. The standard InChI is InChI=1S/C13H20O3S2/c1-12-8-6(10(14-12)17-3)5-7-9(8)13(2,16-12)15-11(7)18-4/h6-11H,5H2,1-4H3/t6?,7?,8?,9?,10-,11-,12?,13?/m1/s1. The van der Waals surface area contributed by atoms with Crippen molar-refractivity contribution in [3.8, 4) is 0 Å². The van der Waals surface area contributed by atoms with Crippen LogP contribution in [-0.2, 0) is 14.2 Å². The van der Waals surface area contributed by atoms with Crippen molar-refractivity contribution in [3.63, 3.8) is 0 Å². The topological polar surface area (TPSA) is 27.7 Å². The van der Waals surface area contributed by atoms with Gasteiger partial charge in [-0.2, -0.15) is 0 Å². The summed E-state index contributed by atoms with van der Waals surface area (Å²) in [5.41, 5.74) is 0.607. The fourth-order valence-corrected chi connectivity index (χ4v) is 6.79. The number of rotatable bonds is 2. The van der Waals surface area contributed by atoms with Crippen LogP contribution < -0.4 is 0 Å². The highest BCUT2D eigenvalue weighted by atomic mass is 32.2. The molecular formula is C13H20O3S2. The molecule has 4 rings (SSSR count). The third-order valence-electron chi connectivity index (χ3n) is 5.33. The van der Waals surface area contributed by atoms with Gasteiger partial charge in [0.05, 0.1) is 0 Å². The van der Waals surface area contributed by atoms with E-state index < -0.39 is 11.6 Å². The highest BCUT2D eigenvalue weighted by molar-refractivity contribution is 7.99. The molecule has 3 nitrogen and oxygen atoms in total. The second kappa shape index (κ2) is 3.61. The molecule has 4 aliphatic rings. The number of hydrogen-bond donors (Lipinski definition) is 0. The maximum atomic E-state index is 6.28. The average molecular weight is 288 g/mol. The number of thioether (sulfide) groups is 2. The largest absolute Gasteiger partial charge is 0.336 e. The molecule has 3 heterocycles. The van der Waals surface area contributed by atoms with E-state index in [9.17, 15) is 0 Å². The Morgan fingerprint density at radius 2 is 1.33 bits per heavy atom. The molecule has 4 fully saturated rings. The predicted molar refractivity (Wildman–Crippen MR) is 73.2 cm³/mol. The Hall–Kier alpha value is 0.580. The van der Waals surface area contributed by atoms with E-state index in [1.54, 1.807) is 0 Å². The molecule has 5 heteroatoms. The van der Waals surface area contributed by atoms with E-state index in [0.717, 1.165) is 0 Å². The van der Waals surface area contributed by atoms with E-state index in [2.05, 4.69) is 26.4 Å². The maximum Gasteiger partial charge on any atom is 0.174 e. The van der Waals surface area contributed by atoms with Crippen molar-refractivity contribution in [2.45, 2.75) is 42.7 Å². The van der Waals surface area contributed by atoms with Gasteiger partial charge in [-0.15, -0.1) is 23.5 Å². The first-order valence-corrected chi connectivity index (χ1v) is 9.21. The van der Waals surface area contributed by atoms with Crippen LogP contribution in [0, 0.1) is 23.7 Å². The monoisotopic (exact) mass is 288 g/mol. The van der Waals surface area contributed by atoms with Crippen LogP contribution in [0.25, 0.3) is 0 Å². The summed E-state index contributed by atoms with van der Waals surface area (Å²) in [7, 11) is 0. The minimum atomic E-state index is -0.421. The summed E-state index contributed by atoms with van der Waals surface area (Å²) in [4.78, 5) is 0. The second-order valence-electron chi connectivity index (χ2n) is 6.19. The molecule has 0 aromatic carbocycles. The maximum absolute atomic E-state index is 6.28. The summed E-state index contributed by atoms with van der Waals surface area (Å²) in [5, 5.41) is 0. The lowest BCUT2D eigenvalue weighted by Gasteiger charge is -2.30. The van der Waals surface area contributed by atoms with Crippen LogP contribution in [0.3, 0.4) is 0 Å². The van der Waals surface area contributed by atoms with Crippen molar-refractivity contribution >= 4 is 23.5 Å². The van der Waals surface area contributed by atoms with Gasteiger partial charge in [0.15, 0.2) is 11.6 Å². The Morgan fingerprint density at radius 3 is 1.72 bits per heavy atom. The van der Waals surface area contributed by atoms with Crippen LogP contribution in [0.5, 0.6) is 0 Å². The third kappa shape index (κ3) is 1.26. The molecule has 0 amide bonds. The summed E-state index contributed by atoms with van der Waals surface area (Å²) in [6.07, 6.45) is 5.52. The Kier molecular flexibility index (Phi) is 2.47. The molecule has 0 bridgehead atoms. The molecule has 3 saturated heterocycles. The van der Waals surface area contributed by atoms with Gasteiger partial charge in [-0.1, -0.05) is 0 Å². The average Bonchev–Trinajstić information content (AvgIpc) is 2.95. The molecule has 1 aliphatic carbocycles. The molecule has 8 atom stereocenters. The van der Waals surface area contributed by atoms with Crippen LogP contribution in [-0.4, -0.2) is 35.0 Å². The van der Waals surface area contributed by atoms with Crippen molar-refractivity contribution in [1.29, 1.82) is 0 Å². The van der Waals surface area contributed by atoms with Crippen LogP contribution in [0.1, 0.15) is 20.3 Å². The summed E-state index contributed by atoms with van der Waals surface area (Å²) in [6, 6.07) is 0. The van der Waals surface area contributed by atoms with Gasteiger partial charge in [-0.3, -0.25) is 0 Å². The van der Waals surface area contributed by atoms with E-state index in [4.69, 9.17) is 14.2 Å². The summed E-state index contributed by atoms with van der Waals surface area (Å²) in [5.74, 6) is 1.47. The molecule has 0 N–H and O–H groups in total. The summed E-state index contributed by atoms with van der Waals surface area (Å²) < 4.78 is 18.7. The Morgan fingerprint density at radius 1 is 0.889 bits per heavy atom. The van der Waals surface area contributed by atoms with Gasteiger partial charge in [-0.05, 0) is 32.8 Å². The van der Waals surface area contributed by atoms with Crippen molar-refractivity contribution in [2.24, 2.45) is 23.7 Å². The quantitative estimate of drug-likeness (QED) is 0.779. The first-order chi connectivity index (χ1) is 8.52. The molecule has 0 spiro atoms. The first-order valence-electron chi connectivity index (χ1n) is 6.64. The lowest BCUT2D eigenvalue weighted by atomic mass is 9.83. The minimum Gasteiger partial charge on any atom is -0.336 e. The van der Waals surface area contributed by atoms with Crippen LogP contribution in [0.2, 0.25) is 0 Å². The van der Waals surface area contributed by atoms with Crippen LogP contribution in [0.4, 0.5) is 0 Å². The highest BCUT2D eigenvalue weighted by Gasteiger charge is 2.76. The van der Waals surface area contributed by atoms with Crippen molar-refractivity contribution in [1.82, 2.24) is 0 Å². The molecule has 3 aliphatic heterocycles. The van der Waals surface area contributed by atoms with E-state index >= 15 is 0 Å². The van der Waals surface area contributed by atoms with Crippen molar-refractivity contribution < 1.29 is 14.2 Å². The Labute approximate surface area is 117 Å². The predicted octanol–water partition coefficient (Wildman–Crippen LogP) is 2.76. The fraction of sp³-hybridized carbons (Fsp3) is 1.00. The van der Waals surface area contributed by atoms with E-state index in [1.807, 2.05) is 23.5 Å². The Bertz CT molecular complexity index is 358. The molecular weight excluding hydrogens is 268 g/mol. The second-order valence-corrected chi connectivity index (χ2v) is 8.06. The van der Waals surface area contributed by atoms with E-state index in [-0.39, 0.29) is 0 Å². The van der Waals surface area contributed by atoms with Gasteiger partial charge in [0.1, 0.15) is 10.9 Å². The van der Waals surface area contributed by atoms with Gasteiger partial charge in [-0.25, -0.2) is 0 Å². The number of ether oxygens (including phenoxy) is 3. The van der Waals surface area contributed by atoms with Gasteiger partial charge in [0.25, 0.3) is 0 Å². The Balaban J connectivity index is 1.76. The third-order valence-corrected chi connectivity index (χ3v) is 7.16. The molecule has 18 heavy (non-hydrogen) atoms. The van der Waals surface area contributed by atoms with E-state index in [0.29, 0.717) is 34.5 Å². The lowest BCUT2D eigenvalue weighted by Crippen LogP contribution is -2.36. The minimum absolute atomic E-state index is 0.303. The van der Waals surface area contributed by atoms with E-state index in [1.165, 1.54) is 6.42 Å². The van der Waals surface area contributed by atoms with Gasteiger partial charge in [0.2, 0.25) is 0 Å². The molecule has 0 aromatic heterocycles. The molecule has 0 aromatic rings. The summed E-state index contributed by atoms with van der Waals surface area (Å²) in [6.45, 7) is 4.23. The zero-order chi connectivity index (χ0) is 12.7. The molecule has 102 valence electrons. The van der Waals surface area contributed by atoms with Crippen LogP contribution >= 0.6 is 23.5 Å². The lowest BCUT2D eigenvalue weighted by molar-refractivity contribution is -0.299. The normalized spacial score (nSPS) is 64.7. The zero-order valence-electron chi connectivity index (χ0n) is 11.2. The smallest absolute Gasteiger partial charge is 0.174 e. The fourth-order valence-electron chi connectivity index (χ4n) is 4.96. The molecule has 0 radical (unpaired) electrons. The van der Waals surface area contributed by atoms with Crippen LogP contribution in [0.15, 0.2) is 0 Å². The van der Waals surface area contributed by atoms with Gasteiger partial charge < -0.3 is 14.2 Å². The van der Waals surface area contributed by atoms with Gasteiger partial charge >= 0.3 is 0 Å². The SMILES string of the molecule is CS[C@H]1OC2(C)OC3(C)O[C@H](SC)C4CC1C2C43. The van der Waals surface area contributed by atoms with Gasteiger partial charge in [0, 0.05) is 23.7 Å². The number of hydrogen-bond acceptors (Lipinski definition) is 5.